The van der Waals surface area contributed by atoms with E-state index in [4.69, 9.17) is 0 Å². The molecule has 3 nitrogen and oxygen atoms in total. The van der Waals surface area contributed by atoms with Crippen molar-refractivity contribution in [2.75, 3.05) is 19.6 Å². The molecule has 3 heteroatoms. The van der Waals surface area contributed by atoms with E-state index in [-0.39, 0.29) is 0 Å². The zero-order valence-electron chi connectivity index (χ0n) is 11.6. The first kappa shape index (κ1) is 13.5. The zero-order chi connectivity index (χ0) is 12.8. The SMILES string of the molecule is CC1CCN(CCc2ccccn2)CCC(C)N1. The lowest BCUT2D eigenvalue weighted by Gasteiger charge is -2.30. The molecule has 1 saturated heterocycles. The highest BCUT2D eigenvalue weighted by Gasteiger charge is 2.15. The lowest BCUT2D eigenvalue weighted by atomic mass is 10.1. The van der Waals surface area contributed by atoms with E-state index in [1.54, 1.807) is 0 Å². The third kappa shape index (κ3) is 4.39. The summed E-state index contributed by atoms with van der Waals surface area (Å²) in [5.74, 6) is 0. The smallest absolute Gasteiger partial charge is 0.0416 e. The normalized spacial score (nSPS) is 26.6. The highest BCUT2D eigenvalue weighted by molar-refractivity contribution is 5.03. The maximum atomic E-state index is 4.40. The minimum atomic E-state index is 0.637. The highest BCUT2D eigenvalue weighted by atomic mass is 15.1. The van der Waals surface area contributed by atoms with Gasteiger partial charge in [-0.05, 0) is 51.9 Å². The van der Waals surface area contributed by atoms with E-state index < -0.39 is 0 Å². The van der Waals surface area contributed by atoms with Crippen molar-refractivity contribution >= 4 is 0 Å². The van der Waals surface area contributed by atoms with Gasteiger partial charge >= 0.3 is 0 Å². The maximum absolute atomic E-state index is 4.40. The number of hydrogen-bond acceptors (Lipinski definition) is 3. The van der Waals surface area contributed by atoms with Crippen molar-refractivity contribution in [1.82, 2.24) is 15.2 Å². The molecule has 0 radical (unpaired) electrons. The minimum Gasteiger partial charge on any atom is -0.312 e. The molecular formula is C15H25N3. The van der Waals surface area contributed by atoms with Crippen LogP contribution in [0.5, 0.6) is 0 Å². The molecule has 2 atom stereocenters. The fourth-order valence-electron chi connectivity index (χ4n) is 2.56. The molecule has 0 amide bonds. The van der Waals surface area contributed by atoms with Gasteiger partial charge in [0.2, 0.25) is 0 Å². The zero-order valence-corrected chi connectivity index (χ0v) is 11.6. The average Bonchev–Trinajstić information content (AvgIpc) is 2.37. The van der Waals surface area contributed by atoms with Gasteiger partial charge in [0.15, 0.2) is 0 Å². The molecule has 1 fully saturated rings. The summed E-state index contributed by atoms with van der Waals surface area (Å²) in [7, 11) is 0. The summed E-state index contributed by atoms with van der Waals surface area (Å²) in [6.45, 7) is 8.12. The van der Waals surface area contributed by atoms with Gasteiger partial charge in [-0.1, -0.05) is 6.07 Å². The number of hydrogen-bond donors (Lipinski definition) is 1. The number of nitrogens with one attached hydrogen (secondary N) is 1. The van der Waals surface area contributed by atoms with E-state index in [1.165, 1.54) is 31.6 Å². The van der Waals surface area contributed by atoms with Crippen molar-refractivity contribution in [3.8, 4) is 0 Å². The van der Waals surface area contributed by atoms with E-state index in [2.05, 4.69) is 41.2 Å². The number of nitrogens with zero attached hydrogens (tertiary/aromatic N) is 2. The fraction of sp³-hybridized carbons (Fsp3) is 0.667. The Kier molecular flexibility index (Phi) is 5.14. The molecule has 0 aliphatic carbocycles. The maximum Gasteiger partial charge on any atom is 0.0416 e. The van der Waals surface area contributed by atoms with Gasteiger partial charge in [-0.3, -0.25) is 4.98 Å². The van der Waals surface area contributed by atoms with Gasteiger partial charge in [0.05, 0.1) is 0 Å². The Hall–Kier alpha value is -0.930. The van der Waals surface area contributed by atoms with E-state index in [0.29, 0.717) is 12.1 Å². The molecule has 18 heavy (non-hydrogen) atoms. The fourth-order valence-corrected chi connectivity index (χ4v) is 2.56. The molecule has 1 N–H and O–H groups in total. The second-order valence-electron chi connectivity index (χ2n) is 5.46. The number of aromatic nitrogens is 1. The van der Waals surface area contributed by atoms with Gasteiger partial charge in [0, 0.05) is 36.9 Å². The monoisotopic (exact) mass is 247 g/mol. The molecule has 100 valence electrons. The van der Waals surface area contributed by atoms with Crippen molar-refractivity contribution in [2.45, 2.75) is 45.2 Å². The van der Waals surface area contributed by atoms with Crippen LogP contribution in [0.25, 0.3) is 0 Å². The Morgan fingerprint density at radius 1 is 1.22 bits per heavy atom. The van der Waals surface area contributed by atoms with E-state index in [0.717, 1.165) is 13.0 Å². The van der Waals surface area contributed by atoms with Crippen LogP contribution >= 0.6 is 0 Å². The summed E-state index contributed by atoms with van der Waals surface area (Å²) >= 11 is 0. The van der Waals surface area contributed by atoms with Crippen LogP contribution in [0.15, 0.2) is 24.4 Å². The molecular weight excluding hydrogens is 222 g/mol. The van der Waals surface area contributed by atoms with Gasteiger partial charge in [-0.25, -0.2) is 0 Å². The Labute approximate surface area is 111 Å². The summed E-state index contributed by atoms with van der Waals surface area (Å²) in [6.07, 6.45) is 5.44. The molecule has 1 aromatic heterocycles. The first-order valence-corrected chi connectivity index (χ1v) is 7.12. The van der Waals surface area contributed by atoms with Crippen LogP contribution in [0, 0.1) is 0 Å². The van der Waals surface area contributed by atoms with Gasteiger partial charge < -0.3 is 10.2 Å². The van der Waals surface area contributed by atoms with Crippen LogP contribution in [0.1, 0.15) is 32.4 Å². The van der Waals surface area contributed by atoms with Crippen molar-refractivity contribution in [1.29, 1.82) is 0 Å². The van der Waals surface area contributed by atoms with Crippen molar-refractivity contribution in [2.24, 2.45) is 0 Å². The molecule has 0 spiro atoms. The summed E-state index contributed by atoms with van der Waals surface area (Å²) < 4.78 is 0. The van der Waals surface area contributed by atoms with Crippen LogP contribution in [0.4, 0.5) is 0 Å². The summed E-state index contributed by atoms with van der Waals surface area (Å²) in [6, 6.07) is 7.45. The van der Waals surface area contributed by atoms with Crippen LogP contribution < -0.4 is 5.32 Å². The molecule has 2 unspecified atom stereocenters. The first-order valence-electron chi connectivity index (χ1n) is 7.12. The first-order chi connectivity index (χ1) is 8.74. The number of rotatable bonds is 3. The van der Waals surface area contributed by atoms with Crippen molar-refractivity contribution < 1.29 is 0 Å². The van der Waals surface area contributed by atoms with Crippen molar-refractivity contribution in [3.63, 3.8) is 0 Å². The van der Waals surface area contributed by atoms with Crippen LogP contribution in [-0.4, -0.2) is 41.6 Å². The molecule has 1 aliphatic rings. The molecule has 2 rings (SSSR count). The highest BCUT2D eigenvalue weighted by Crippen LogP contribution is 2.07. The molecule has 1 aliphatic heterocycles. The molecule has 2 heterocycles. The third-order valence-corrected chi connectivity index (χ3v) is 3.74. The predicted molar refractivity (Wildman–Crippen MR) is 75.7 cm³/mol. The Morgan fingerprint density at radius 3 is 2.56 bits per heavy atom. The quantitative estimate of drug-likeness (QED) is 0.886. The van der Waals surface area contributed by atoms with E-state index >= 15 is 0 Å². The average molecular weight is 247 g/mol. The Balaban J connectivity index is 1.81. The Bertz CT molecular complexity index is 327. The number of pyridine rings is 1. The second-order valence-corrected chi connectivity index (χ2v) is 5.46. The summed E-state index contributed by atoms with van der Waals surface area (Å²) in [4.78, 5) is 6.98. The van der Waals surface area contributed by atoms with Gasteiger partial charge in [-0.2, -0.15) is 0 Å². The molecule has 1 aromatic rings. The van der Waals surface area contributed by atoms with Crippen LogP contribution in [-0.2, 0) is 6.42 Å². The third-order valence-electron chi connectivity index (χ3n) is 3.74. The molecule has 0 aromatic carbocycles. The lowest BCUT2D eigenvalue weighted by Crippen LogP contribution is -2.43. The van der Waals surface area contributed by atoms with Gasteiger partial charge in [0.1, 0.15) is 0 Å². The largest absolute Gasteiger partial charge is 0.312 e. The van der Waals surface area contributed by atoms with Crippen molar-refractivity contribution in [3.05, 3.63) is 30.1 Å². The van der Waals surface area contributed by atoms with Gasteiger partial charge in [-0.15, -0.1) is 0 Å². The topological polar surface area (TPSA) is 28.2 Å². The second kappa shape index (κ2) is 6.86. The van der Waals surface area contributed by atoms with E-state index in [1.807, 2.05) is 12.3 Å². The summed E-state index contributed by atoms with van der Waals surface area (Å²) in [5, 5.41) is 3.64. The standard InChI is InChI=1S/C15H25N3/c1-13-6-10-18(11-7-14(2)17-13)12-8-15-5-3-4-9-16-15/h3-5,9,13-14,17H,6-8,10-12H2,1-2H3. The Morgan fingerprint density at radius 2 is 1.94 bits per heavy atom. The lowest BCUT2D eigenvalue weighted by molar-refractivity contribution is 0.220. The predicted octanol–water partition coefficient (Wildman–Crippen LogP) is 2.09. The molecule has 0 bridgehead atoms. The minimum absolute atomic E-state index is 0.637. The molecule has 0 saturated carbocycles. The van der Waals surface area contributed by atoms with Gasteiger partial charge in [0.25, 0.3) is 0 Å². The van der Waals surface area contributed by atoms with E-state index in [9.17, 15) is 0 Å². The van der Waals surface area contributed by atoms with Crippen LogP contribution in [0.3, 0.4) is 0 Å². The van der Waals surface area contributed by atoms with Crippen LogP contribution in [0.2, 0.25) is 0 Å². The summed E-state index contributed by atoms with van der Waals surface area (Å²) in [5.41, 5.74) is 1.21.